The van der Waals surface area contributed by atoms with Crippen LogP contribution >= 0.6 is 34.2 Å². The summed E-state index contributed by atoms with van der Waals surface area (Å²) in [4.78, 5) is 5.69. The fraction of sp³-hybridized carbons (Fsp3) is 0.571. The standard InChI is InChI=1S/C7H10IN3S/c8-11-3-1-5-6(2-4-11)12-7(9)10-5/h1-4H2,(H2,9,10). The van der Waals surface area contributed by atoms with Crippen LogP contribution in [-0.4, -0.2) is 21.2 Å². The molecule has 0 amide bonds. The van der Waals surface area contributed by atoms with Crippen LogP contribution < -0.4 is 5.73 Å². The summed E-state index contributed by atoms with van der Waals surface area (Å²) in [6, 6.07) is 0. The van der Waals surface area contributed by atoms with E-state index >= 15 is 0 Å². The number of anilines is 1. The third kappa shape index (κ3) is 1.72. The van der Waals surface area contributed by atoms with E-state index in [1.165, 1.54) is 10.6 Å². The van der Waals surface area contributed by atoms with Crippen molar-refractivity contribution in [3.05, 3.63) is 10.6 Å². The molecule has 1 aliphatic rings. The summed E-state index contributed by atoms with van der Waals surface area (Å²) >= 11 is 4.01. The van der Waals surface area contributed by atoms with E-state index in [0.717, 1.165) is 31.1 Å². The highest BCUT2D eigenvalue weighted by Gasteiger charge is 2.15. The summed E-state index contributed by atoms with van der Waals surface area (Å²) in [5, 5.41) is 0.724. The van der Waals surface area contributed by atoms with E-state index in [1.54, 1.807) is 11.3 Å². The van der Waals surface area contributed by atoms with E-state index in [4.69, 9.17) is 5.73 Å². The van der Waals surface area contributed by atoms with E-state index in [0.29, 0.717) is 0 Å². The molecule has 0 fully saturated rings. The maximum absolute atomic E-state index is 5.64. The molecule has 0 spiro atoms. The zero-order valence-corrected chi connectivity index (χ0v) is 9.56. The molecule has 1 aromatic heterocycles. The number of rotatable bonds is 0. The molecule has 0 aliphatic carbocycles. The lowest BCUT2D eigenvalue weighted by atomic mass is 10.2. The summed E-state index contributed by atoms with van der Waals surface area (Å²) in [6.07, 6.45) is 2.15. The molecule has 12 heavy (non-hydrogen) atoms. The van der Waals surface area contributed by atoms with Crippen LogP contribution in [0.15, 0.2) is 0 Å². The molecular formula is C7H10IN3S. The van der Waals surface area contributed by atoms with Crippen molar-refractivity contribution in [1.29, 1.82) is 0 Å². The first-order valence-corrected chi connectivity index (χ1v) is 5.68. The van der Waals surface area contributed by atoms with Gasteiger partial charge in [-0.25, -0.2) is 8.10 Å². The maximum atomic E-state index is 5.64. The lowest BCUT2D eigenvalue weighted by Gasteiger charge is -2.07. The minimum atomic E-state index is 0.724. The van der Waals surface area contributed by atoms with Gasteiger partial charge in [-0.15, -0.1) is 11.3 Å². The fourth-order valence-corrected chi connectivity index (χ4v) is 2.71. The molecular weight excluding hydrogens is 285 g/mol. The van der Waals surface area contributed by atoms with Crippen molar-refractivity contribution in [1.82, 2.24) is 8.10 Å². The molecule has 66 valence electrons. The topological polar surface area (TPSA) is 42.1 Å². The Morgan fingerprint density at radius 1 is 1.42 bits per heavy atom. The number of hydrogen-bond acceptors (Lipinski definition) is 4. The van der Waals surface area contributed by atoms with E-state index in [-0.39, 0.29) is 0 Å². The van der Waals surface area contributed by atoms with Crippen LogP contribution in [0.2, 0.25) is 0 Å². The number of nitrogen functional groups attached to an aromatic ring is 1. The molecule has 0 aromatic carbocycles. The van der Waals surface area contributed by atoms with Crippen molar-refractivity contribution < 1.29 is 0 Å². The van der Waals surface area contributed by atoms with Crippen LogP contribution in [0.3, 0.4) is 0 Å². The van der Waals surface area contributed by atoms with Gasteiger partial charge in [0.2, 0.25) is 0 Å². The van der Waals surface area contributed by atoms with Gasteiger partial charge in [-0.05, 0) is 6.42 Å². The van der Waals surface area contributed by atoms with Crippen LogP contribution in [0.4, 0.5) is 5.13 Å². The van der Waals surface area contributed by atoms with Gasteiger partial charge in [0, 0.05) is 47.3 Å². The van der Waals surface area contributed by atoms with Gasteiger partial charge in [-0.2, -0.15) is 0 Å². The monoisotopic (exact) mass is 295 g/mol. The van der Waals surface area contributed by atoms with Gasteiger partial charge in [0.05, 0.1) is 5.69 Å². The van der Waals surface area contributed by atoms with Crippen molar-refractivity contribution in [2.24, 2.45) is 0 Å². The van der Waals surface area contributed by atoms with Gasteiger partial charge in [0.15, 0.2) is 5.13 Å². The predicted octanol–water partition coefficient (Wildman–Crippen LogP) is 1.48. The normalized spacial score (nSPS) is 18.8. The van der Waals surface area contributed by atoms with Gasteiger partial charge in [-0.1, -0.05) is 0 Å². The molecule has 1 aliphatic heterocycles. The Kier molecular flexibility index (Phi) is 2.52. The van der Waals surface area contributed by atoms with Gasteiger partial charge in [0.1, 0.15) is 0 Å². The second kappa shape index (κ2) is 3.47. The van der Waals surface area contributed by atoms with Gasteiger partial charge in [-0.3, -0.25) is 0 Å². The lowest BCUT2D eigenvalue weighted by molar-refractivity contribution is 0.532. The van der Waals surface area contributed by atoms with Crippen LogP contribution in [0.25, 0.3) is 0 Å². The van der Waals surface area contributed by atoms with Gasteiger partial charge >= 0.3 is 0 Å². The second-order valence-electron chi connectivity index (χ2n) is 2.83. The fourth-order valence-electron chi connectivity index (χ4n) is 1.36. The lowest BCUT2D eigenvalue weighted by Crippen LogP contribution is -2.14. The zero-order valence-electron chi connectivity index (χ0n) is 6.59. The van der Waals surface area contributed by atoms with Crippen molar-refractivity contribution in [3.63, 3.8) is 0 Å². The number of aromatic nitrogens is 1. The van der Waals surface area contributed by atoms with Crippen molar-refractivity contribution >= 4 is 39.3 Å². The summed E-state index contributed by atoms with van der Waals surface area (Å²) in [5.41, 5.74) is 6.86. The van der Waals surface area contributed by atoms with E-state index in [2.05, 4.69) is 31.0 Å². The third-order valence-corrected chi connectivity index (χ3v) is 3.92. The van der Waals surface area contributed by atoms with Crippen molar-refractivity contribution in [2.75, 3.05) is 18.8 Å². The number of thiazole rings is 1. The summed E-state index contributed by atoms with van der Waals surface area (Å²) in [7, 11) is 0. The Hall–Kier alpha value is 0.120. The Morgan fingerprint density at radius 3 is 3.00 bits per heavy atom. The predicted molar refractivity (Wildman–Crippen MR) is 59.5 cm³/mol. The van der Waals surface area contributed by atoms with E-state index in [9.17, 15) is 0 Å². The Morgan fingerprint density at radius 2 is 2.17 bits per heavy atom. The van der Waals surface area contributed by atoms with Crippen molar-refractivity contribution in [2.45, 2.75) is 12.8 Å². The molecule has 0 saturated heterocycles. The van der Waals surface area contributed by atoms with Crippen molar-refractivity contribution in [3.8, 4) is 0 Å². The molecule has 3 nitrogen and oxygen atoms in total. The Labute approximate surface area is 89.5 Å². The second-order valence-corrected chi connectivity index (χ2v) is 5.31. The molecule has 0 bridgehead atoms. The molecule has 2 heterocycles. The highest BCUT2D eigenvalue weighted by atomic mass is 127. The summed E-state index contributed by atoms with van der Waals surface area (Å²) in [5.74, 6) is 0. The van der Waals surface area contributed by atoms with Gasteiger partial charge in [0.25, 0.3) is 0 Å². The van der Waals surface area contributed by atoms with Crippen LogP contribution in [0.1, 0.15) is 10.6 Å². The highest BCUT2D eigenvalue weighted by molar-refractivity contribution is 14.1. The maximum Gasteiger partial charge on any atom is 0.180 e. The summed E-state index contributed by atoms with van der Waals surface area (Å²) in [6.45, 7) is 2.21. The molecule has 0 unspecified atom stereocenters. The minimum absolute atomic E-state index is 0.724. The first-order valence-electron chi connectivity index (χ1n) is 3.90. The van der Waals surface area contributed by atoms with Crippen LogP contribution in [0, 0.1) is 0 Å². The average Bonchev–Trinajstić information content (AvgIpc) is 2.31. The SMILES string of the molecule is Nc1nc2c(s1)CCN(I)CC2. The number of nitrogens with two attached hydrogens (primary N) is 1. The van der Waals surface area contributed by atoms with E-state index < -0.39 is 0 Å². The number of halogens is 1. The summed E-state index contributed by atoms with van der Waals surface area (Å²) < 4.78 is 2.31. The largest absolute Gasteiger partial charge is 0.375 e. The first kappa shape index (κ1) is 8.71. The molecule has 1 aromatic rings. The molecule has 5 heteroatoms. The molecule has 2 rings (SSSR count). The quantitative estimate of drug-likeness (QED) is 0.582. The van der Waals surface area contributed by atoms with Gasteiger partial charge < -0.3 is 5.73 Å². The highest BCUT2D eigenvalue weighted by Crippen LogP contribution is 2.24. The zero-order chi connectivity index (χ0) is 8.55. The van der Waals surface area contributed by atoms with Crippen LogP contribution in [0.5, 0.6) is 0 Å². The molecule has 0 radical (unpaired) electrons. The molecule has 0 atom stereocenters. The number of fused-ring (bicyclic) bond motifs is 1. The molecule has 2 N–H and O–H groups in total. The average molecular weight is 295 g/mol. The minimum Gasteiger partial charge on any atom is -0.375 e. The Balaban J connectivity index is 2.24. The third-order valence-electron chi connectivity index (χ3n) is 1.97. The smallest absolute Gasteiger partial charge is 0.180 e. The molecule has 0 saturated carbocycles. The van der Waals surface area contributed by atoms with Crippen LogP contribution in [-0.2, 0) is 12.8 Å². The first-order chi connectivity index (χ1) is 5.75. The number of nitrogens with zero attached hydrogens (tertiary/aromatic N) is 2. The Bertz CT molecular complexity index is 261. The van der Waals surface area contributed by atoms with E-state index in [1.807, 2.05) is 0 Å². The number of hydrogen-bond donors (Lipinski definition) is 1.